The number of carbonyl (C=O) groups is 2. The molecular formula is C10H9BrN4O4. The van der Waals surface area contributed by atoms with Crippen LogP contribution < -0.4 is 0 Å². The van der Waals surface area contributed by atoms with Crippen LogP contribution in [0.25, 0.3) is 0 Å². The molecule has 3 aliphatic heterocycles. The Morgan fingerprint density at radius 1 is 1.37 bits per heavy atom. The van der Waals surface area contributed by atoms with E-state index < -0.39 is 17.8 Å². The Labute approximate surface area is 115 Å². The molecule has 3 unspecified atom stereocenters. The van der Waals surface area contributed by atoms with Crippen molar-refractivity contribution in [2.24, 2.45) is 5.92 Å². The molecule has 3 saturated heterocycles. The summed E-state index contributed by atoms with van der Waals surface area (Å²) in [6.07, 6.45) is 2.48. The Balaban J connectivity index is 1.80. The molecule has 100 valence electrons. The molecule has 3 fully saturated rings. The van der Waals surface area contributed by atoms with Crippen molar-refractivity contribution in [2.75, 3.05) is 13.1 Å². The van der Waals surface area contributed by atoms with Gasteiger partial charge >= 0.3 is 17.8 Å². The van der Waals surface area contributed by atoms with Gasteiger partial charge in [-0.15, -0.1) is 5.10 Å². The van der Waals surface area contributed by atoms with Crippen LogP contribution in [0.4, 0.5) is 0 Å². The normalized spacial score (nSPS) is 34.9. The predicted molar refractivity (Wildman–Crippen MR) is 61.4 cm³/mol. The van der Waals surface area contributed by atoms with Crippen molar-refractivity contribution in [2.45, 2.75) is 18.4 Å². The first-order valence-electron chi connectivity index (χ1n) is 5.88. The van der Waals surface area contributed by atoms with Crippen molar-refractivity contribution in [3.8, 4) is 0 Å². The third kappa shape index (κ3) is 1.36. The maximum Gasteiger partial charge on any atom is 0.421 e. The monoisotopic (exact) mass is 328 g/mol. The van der Waals surface area contributed by atoms with Gasteiger partial charge in [-0.05, 0) is 22.4 Å². The Hall–Kier alpha value is -1.48. The first kappa shape index (κ1) is 11.4. The number of hydrogen-bond donors (Lipinski definition) is 0. The summed E-state index contributed by atoms with van der Waals surface area (Å²) in [5.74, 6) is -3.02. The van der Waals surface area contributed by atoms with E-state index in [1.54, 1.807) is 4.68 Å². The predicted octanol–water partition coefficient (Wildman–Crippen LogP) is -0.329. The molecule has 0 aliphatic carbocycles. The van der Waals surface area contributed by atoms with Gasteiger partial charge < -0.3 is 9.47 Å². The Morgan fingerprint density at radius 3 is 2.74 bits per heavy atom. The number of aromatic nitrogens is 3. The summed E-state index contributed by atoms with van der Waals surface area (Å²) in [7, 11) is 0. The van der Waals surface area contributed by atoms with E-state index in [0.717, 1.165) is 13.0 Å². The van der Waals surface area contributed by atoms with Crippen LogP contribution in [0.1, 0.15) is 12.5 Å². The molecule has 0 N–H and O–H groups in total. The number of rotatable bonds is 1. The number of carbonyl (C=O) groups excluding carboxylic acids is 2. The number of hydrogen-bond acceptors (Lipinski definition) is 7. The molecule has 0 aromatic carbocycles. The highest BCUT2D eigenvalue weighted by Gasteiger charge is 2.68. The van der Waals surface area contributed by atoms with E-state index in [1.807, 2.05) is 4.90 Å². The summed E-state index contributed by atoms with van der Waals surface area (Å²) in [5, 5.41) is 4.19. The third-order valence-electron chi connectivity index (χ3n) is 3.90. The van der Waals surface area contributed by atoms with Crippen molar-refractivity contribution in [3.05, 3.63) is 11.1 Å². The molecule has 0 amide bonds. The van der Waals surface area contributed by atoms with E-state index in [1.165, 1.54) is 6.33 Å². The molecule has 1 aromatic rings. The fraction of sp³-hybridized carbons (Fsp3) is 0.600. The number of nitrogens with zero attached hydrogens (tertiary/aromatic N) is 4. The molecular weight excluding hydrogens is 320 g/mol. The SMILES string of the molecule is O=C1OC2(OC1=O)C(n1cnc(Br)n1)C1CCN2C1. The van der Waals surface area contributed by atoms with Gasteiger partial charge in [-0.25, -0.2) is 24.2 Å². The van der Waals surface area contributed by atoms with E-state index in [4.69, 9.17) is 9.47 Å². The van der Waals surface area contributed by atoms with Crippen LogP contribution in [0.2, 0.25) is 0 Å². The summed E-state index contributed by atoms with van der Waals surface area (Å²) < 4.78 is 12.5. The summed E-state index contributed by atoms with van der Waals surface area (Å²) >= 11 is 3.18. The second-order valence-electron chi connectivity index (χ2n) is 4.84. The molecule has 0 saturated carbocycles. The molecule has 2 bridgehead atoms. The van der Waals surface area contributed by atoms with Crippen molar-refractivity contribution in [1.29, 1.82) is 0 Å². The lowest BCUT2D eigenvalue weighted by Gasteiger charge is -2.37. The molecule has 4 heterocycles. The lowest BCUT2D eigenvalue weighted by atomic mass is 9.97. The van der Waals surface area contributed by atoms with Gasteiger partial charge in [0.25, 0.3) is 0 Å². The van der Waals surface area contributed by atoms with Crippen LogP contribution in [-0.2, 0) is 19.1 Å². The highest BCUT2D eigenvalue weighted by atomic mass is 79.9. The molecule has 3 aliphatic rings. The molecule has 1 aromatic heterocycles. The average Bonchev–Trinajstić information content (AvgIpc) is 3.07. The molecule has 3 atom stereocenters. The Bertz CT molecular complexity index is 572. The number of esters is 2. The minimum absolute atomic E-state index is 0.215. The summed E-state index contributed by atoms with van der Waals surface area (Å²) in [4.78, 5) is 28.7. The van der Waals surface area contributed by atoms with Gasteiger partial charge in [-0.1, -0.05) is 0 Å². The lowest BCUT2D eigenvalue weighted by molar-refractivity contribution is -0.259. The van der Waals surface area contributed by atoms with Crippen LogP contribution in [0, 0.1) is 5.92 Å². The zero-order valence-electron chi connectivity index (χ0n) is 9.65. The highest BCUT2D eigenvalue weighted by molar-refractivity contribution is 9.10. The first-order chi connectivity index (χ1) is 9.10. The Kier molecular flexibility index (Phi) is 2.12. The third-order valence-corrected chi connectivity index (χ3v) is 4.26. The van der Waals surface area contributed by atoms with Gasteiger partial charge in [0.2, 0.25) is 4.73 Å². The number of ether oxygens (including phenoxy) is 2. The summed E-state index contributed by atoms with van der Waals surface area (Å²) in [6.45, 7) is 1.44. The van der Waals surface area contributed by atoms with Gasteiger partial charge in [0.15, 0.2) is 6.04 Å². The molecule has 4 rings (SSSR count). The molecule has 1 spiro atoms. The van der Waals surface area contributed by atoms with Gasteiger partial charge in [0.05, 0.1) is 0 Å². The second-order valence-corrected chi connectivity index (χ2v) is 5.55. The zero-order valence-corrected chi connectivity index (χ0v) is 11.2. The van der Waals surface area contributed by atoms with Crippen LogP contribution in [0.15, 0.2) is 11.1 Å². The minimum Gasteiger partial charge on any atom is -0.398 e. The van der Waals surface area contributed by atoms with Crippen molar-refractivity contribution in [3.63, 3.8) is 0 Å². The van der Waals surface area contributed by atoms with Crippen molar-refractivity contribution < 1.29 is 19.1 Å². The number of fused-ring (bicyclic) bond motifs is 3. The second kappa shape index (κ2) is 3.54. The first-order valence-corrected chi connectivity index (χ1v) is 6.67. The van der Waals surface area contributed by atoms with Gasteiger partial charge in [-0.3, -0.25) is 0 Å². The number of halogens is 1. The lowest BCUT2D eigenvalue weighted by Crippen LogP contribution is -2.52. The maximum atomic E-state index is 11.4. The highest BCUT2D eigenvalue weighted by Crippen LogP contribution is 2.51. The van der Waals surface area contributed by atoms with E-state index in [2.05, 4.69) is 26.0 Å². The van der Waals surface area contributed by atoms with E-state index in [9.17, 15) is 9.59 Å². The molecule has 19 heavy (non-hydrogen) atoms. The smallest absolute Gasteiger partial charge is 0.398 e. The maximum absolute atomic E-state index is 11.4. The van der Waals surface area contributed by atoms with Crippen LogP contribution in [0.3, 0.4) is 0 Å². The van der Waals surface area contributed by atoms with Crippen LogP contribution in [0.5, 0.6) is 0 Å². The van der Waals surface area contributed by atoms with Crippen LogP contribution >= 0.6 is 15.9 Å². The van der Waals surface area contributed by atoms with Crippen LogP contribution in [-0.4, -0.2) is 50.6 Å². The topological polar surface area (TPSA) is 86.5 Å². The van der Waals surface area contributed by atoms with Gasteiger partial charge in [0, 0.05) is 19.0 Å². The van der Waals surface area contributed by atoms with Gasteiger partial charge in [0.1, 0.15) is 6.33 Å². The number of piperidine rings is 1. The van der Waals surface area contributed by atoms with Crippen molar-refractivity contribution in [1.82, 2.24) is 19.7 Å². The molecule has 8 nitrogen and oxygen atoms in total. The largest absolute Gasteiger partial charge is 0.421 e. The minimum atomic E-state index is -1.34. The van der Waals surface area contributed by atoms with E-state index >= 15 is 0 Å². The summed E-state index contributed by atoms with van der Waals surface area (Å²) in [5.41, 5.74) is 0. The fourth-order valence-corrected chi connectivity index (χ4v) is 3.48. The quantitative estimate of drug-likeness (QED) is 0.515. The standard InChI is InChI=1S/C10H9BrN4O4/c11-9-12-4-15(13-9)6-5-1-2-14(3-5)10(6)18-7(16)8(17)19-10/h4-6H,1-3H2. The fourth-order valence-electron chi connectivity index (χ4n) is 3.20. The molecule has 0 radical (unpaired) electrons. The van der Waals surface area contributed by atoms with E-state index in [0.29, 0.717) is 11.3 Å². The van der Waals surface area contributed by atoms with Gasteiger partial charge in [-0.2, -0.15) is 0 Å². The molecule has 9 heteroatoms. The Morgan fingerprint density at radius 2 is 2.11 bits per heavy atom. The average molecular weight is 329 g/mol. The van der Waals surface area contributed by atoms with Crippen molar-refractivity contribution >= 4 is 27.9 Å². The summed E-state index contributed by atoms with van der Waals surface area (Å²) in [6, 6.07) is -0.351. The zero-order chi connectivity index (χ0) is 13.2. The van der Waals surface area contributed by atoms with E-state index in [-0.39, 0.29) is 12.0 Å².